The summed E-state index contributed by atoms with van der Waals surface area (Å²) in [5.74, 6) is -1.68. The third kappa shape index (κ3) is 3.57. The molecular weight excluding hydrogens is 246 g/mol. The van der Waals surface area contributed by atoms with E-state index in [1.54, 1.807) is 0 Å². The highest BCUT2D eigenvalue weighted by atomic mass is 16.7. The van der Waals surface area contributed by atoms with Crippen LogP contribution < -0.4 is 5.32 Å². The number of oxime groups is 1. The van der Waals surface area contributed by atoms with Gasteiger partial charge in [-0.25, -0.2) is 9.42 Å². The van der Waals surface area contributed by atoms with Crippen LogP contribution in [-0.2, 0) is 14.4 Å². The van der Waals surface area contributed by atoms with Crippen LogP contribution in [0.25, 0.3) is 10.4 Å². The van der Waals surface area contributed by atoms with Crippen molar-refractivity contribution in [1.29, 1.82) is 0 Å². The number of azide groups is 1. The van der Waals surface area contributed by atoms with Crippen molar-refractivity contribution in [2.75, 3.05) is 5.32 Å². The molecule has 11 nitrogen and oxygen atoms in total. The van der Waals surface area contributed by atoms with Crippen molar-refractivity contribution in [2.45, 2.75) is 13.8 Å². The van der Waals surface area contributed by atoms with Crippen molar-refractivity contribution in [3.63, 3.8) is 0 Å². The molecule has 18 heavy (non-hydrogen) atoms. The summed E-state index contributed by atoms with van der Waals surface area (Å²) in [6.07, 6.45) is 0. The second kappa shape index (κ2) is 5.96. The van der Waals surface area contributed by atoms with Gasteiger partial charge in [0, 0.05) is 18.8 Å². The number of nitrogens with one attached hydrogen (secondary N) is 1. The quantitative estimate of drug-likeness (QED) is 0.158. The number of aromatic nitrogens is 2. The number of rotatable bonds is 3. The Labute approximate surface area is 99.4 Å². The fourth-order valence-corrected chi connectivity index (χ4v) is 0.843. The van der Waals surface area contributed by atoms with E-state index in [4.69, 9.17) is 5.53 Å². The zero-order valence-electron chi connectivity index (χ0n) is 9.32. The Bertz CT molecular complexity index is 542. The molecule has 1 heterocycles. The summed E-state index contributed by atoms with van der Waals surface area (Å²) >= 11 is 0. The van der Waals surface area contributed by atoms with Gasteiger partial charge in [0.05, 0.1) is 0 Å². The van der Waals surface area contributed by atoms with E-state index in [2.05, 4.69) is 40.3 Å². The lowest BCUT2D eigenvalue weighted by Gasteiger charge is -1.98. The zero-order valence-corrected chi connectivity index (χ0v) is 9.32. The molecule has 1 N–H and O–H groups in total. The predicted octanol–water partition coefficient (Wildman–Crippen LogP) is 0.563. The summed E-state index contributed by atoms with van der Waals surface area (Å²) in [6.45, 7) is 2.34. The smallest absolute Gasteiger partial charge is 0.318 e. The Balaban J connectivity index is 3.10. The van der Waals surface area contributed by atoms with Gasteiger partial charge in [0.2, 0.25) is 11.7 Å². The van der Waals surface area contributed by atoms with Crippen molar-refractivity contribution >= 4 is 23.5 Å². The van der Waals surface area contributed by atoms with Crippen LogP contribution in [0.5, 0.6) is 0 Å². The van der Waals surface area contributed by atoms with Crippen molar-refractivity contribution < 1.29 is 19.1 Å². The van der Waals surface area contributed by atoms with Crippen LogP contribution in [0.4, 0.5) is 5.82 Å². The molecule has 0 fully saturated rings. The molecule has 1 amide bonds. The predicted molar refractivity (Wildman–Crippen MR) is 56.1 cm³/mol. The highest BCUT2D eigenvalue weighted by Gasteiger charge is 2.17. The highest BCUT2D eigenvalue weighted by Crippen LogP contribution is 2.12. The van der Waals surface area contributed by atoms with E-state index in [1.165, 1.54) is 6.92 Å². The number of amidine groups is 1. The van der Waals surface area contributed by atoms with Gasteiger partial charge in [-0.2, -0.15) is 0 Å². The Kier molecular flexibility index (Phi) is 4.35. The molecule has 0 atom stereocenters. The maximum Gasteiger partial charge on any atom is 0.331 e. The molecule has 0 saturated heterocycles. The first-order valence-corrected chi connectivity index (χ1v) is 4.45. The second-order valence-corrected chi connectivity index (χ2v) is 2.83. The van der Waals surface area contributed by atoms with Crippen molar-refractivity contribution in [2.24, 2.45) is 10.3 Å². The number of anilines is 1. The van der Waals surface area contributed by atoms with E-state index in [0.717, 1.165) is 6.92 Å². The van der Waals surface area contributed by atoms with Crippen molar-refractivity contribution in [3.8, 4) is 0 Å². The van der Waals surface area contributed by atoms with Gasteiger partial charge in [0.1, 0.15) is 0 Å². The van der Waals surface area contributed by atoms with E-state index in [0.29, 0.717) is 0 Å². The van der Waals surface area contributed by atoms with Crippen molar-refractivity contribution in [1.82, 2.24) is 10.3 Å². The van der Waals surface area contributed by atoms with Crippen LogP contribution in [0, 0.1) is 0 Å². The van der Waals surface area contributed by atoms with Crippen LogP contribution in [-0.4, -0.2) is 28.0 Å². The molecule has 0 aromatic carbocycles. The first-order chi connectivity index (χ1) is 8.54. The van der Waals surface area contributed by atoms with Crippen LogP contribution in [0.15, 0.2) is 14.9 Å². The third-order valence-corrected chi connectivity index (χ3v) is 1.39. The number of hydrogen-bond acceptors (Lipinski definition) is 7. The first-order valence-electron chi connectivity index (χ1n) is 4.45. The molecule has 1 rings (SSSR count). The number of amides is 1. The van der Waals surface area contributed by atoms with Gasteiger partial charge in [0.25, 0.3) is 0 Å². The average Bonchev–Trinajstić information content (AvgIpc) is 2.71. The molecule has 0 radical (unpaired) electrons. The van der Waals surface area contributed by atoms with E-state index in [-0.39, 0.29) is 11.5 Å². The first kappa shape index (κ1) is 13.1. The molecule has 0 spiro atoms. The summed E-state index contributed by atoms with van der Waals surface area (Å²) in [5, 5.41) is 15.4. The maximum absolute atomic E-state index is 10.9. The minimum Gasteiger partial charge on any atom is -0.318 e. The number of carbonyl (C=O) groups excluding carboxylic acids is 2. The lowest BCUT2D eigenvalue weighted by Crippen LogP contribution is -2.11. The minimum atomic E-state index is -0.724. The second-order valence-electron chi connectivity index (χ2n) is 2.83. The molecule has 0 unspecified atom stereocenters. The molecule has 1 aromatic heterocycles. The van der Waals surface area contributed by atoms with Gasteiger partial charge in [-0.1, -0.05) is 5.16 Å². The standard InChI is InChI=1S/C7H7N7O4/c1-3(15)9-6-5(11-18-13-6)7(10-14-8)12-17-4(2)16/h1-2H3,(H,9,13,15). The third-order valence-electron chi connectivity index (χ3n) is 1.39. The van der Waals surface area contributed by atoms with Crippen LogP contribution >= 0.6 is 0 Å². The minimum absolute atomic E-state index is 0.110. The summed E-state index contributed by atoms with van der Waals surface area (Å²) in [5.41, 5.74) is 8.18. The van der Waals surface area contributed by atoms with Crippen molar-refractivity contribution in [3.05, 3.63) is 16.1 Å². The molecular formula is C7H7N7O4. The van der Waals surface area contributed by atoms with E-state index in [9.17, 15) is 9.59 Å². The number of hydrogen-bond donors (Lipinski definition) is 1. The summed E-state index contributed by atoms with van der Waals surface area (Å²) in [7, 11) is 0. The highest BCUT2D eigenvalue weighted by molar-refractivity contribution is 6.03. The molecule has 11 heteroatoms. The van der Waals surface area contributed by atoms with E-state index in [1.807, 2.05) is 0 Å². The maximum atomic E-state index is 10.9. The van der Waals surface area contributed by atoms with E-state index >= 15 is 0 Å². The fourth-order valence-electron chi connectivity index (χ4n) is 0.843. The van der Waals surface area contributed by atoms with E-state index < -0.39 is 17.7 Å². The number of nitrogens with zero attached hydrogens (tertiary/aromatic N) is 6. The lowest BCUT2D eigenvalue weighted by atomic mass is 10.4. The molecule has 94 valence electrons. The molecule has 0 aliphatic heterocycles. The van der Waals surface area contributed by atoms with Gasteiger partial charge in [-0.05, 0) is 21.0 Å². The van der Waals surface area contributed by atoms with Gasteiger partial charge < -0.3 is 10.2 Å². The average molecular weight is 253 g/mol. The van der Waals surface area contributed by atoms with Gasteiger partial charge >= 0.3 is 5.97 Å². The number of carbonyl (C=O) groups is 2. The van der Waals surface area contributed by atoms with Crippen LogP contribution in [0.1, 0.15) is 19.5 Å². The summed E-state index contributed by atoms with van der Waals surface area (Å²) < 4.78 is 4.36. The Hall–Kier alpha value is -2.94. The van der Waals surface area contributed by atoms with Crippen LogP contribution in [0.2, 0.25) is 0 Å². The normalized spacial score (nSPS) is 10.4. The topological polar surface area (TPSA) is 155 Å². The Morgan fingerprint density at radius 2 is 2.17 bits per heavy atom. The SMILES string of the molecule is CC(=O)Nc1nonc1C(N=[N+]=[N-])=NOC(C)=O. The molecule has 0 aliphatic carbocycles. The summed E-state index contributed by atoms with van der Waals surface area (Å²) in [6, 6.07) is 0. The van der Waals surface area contributed by atoms with Gasteiger partial charge in [-0.15, -0.1) is 0 Å². The molecule has 1 aromatic rings. The molecule has 0 bridgehead atoms. The summed E-state index contributed by atoms with van der Waals surface area (Å²) in [4.78, 5) is 28.2. The lowest BCUT2D eigenvalue weighted by molar-refractivity contribution is -0.140. The Morgan fingerprint density at radius 1 is 1.44 bits per heavy atom. The fraction of sp³-hybridized carbons (Fsp3) is 0.286. The van der Waals surface area contributed by atoms with Gasteiger partial charge in [0.15, 0.2) is 11.5 Å². The zero-order chi connectivity index (χ0) is 13.5. The largest absolute Gasteiger partial charge is 0.331 e. The molecule has 0 saturated carbocycles. The molecule has 0 aliphatic rings. The van der Waals surface area contributed by atoms with Crippen LogP contribution in [0.3, 0.4) is 0 Å². The Morgan fingerprint density at radius 3 is 2.72 bits per heavy atom. The van der Waals surface area contributed by atoms with Gasteiger partial charge in [-0.3, -0.25) is 4.79 Å². The monoisotopic (exact) mass is 253 g/mol.